The zero-order valence-corrected chi connectivity index (χ0v) is 23.7. The number of amides is 1. The van der Waals surface area contributed by atoms with E-state index in [2.05, 4.69) is 64.3 Å². The molecule has 12 nitrogen and oxygen atoms in total. The number of carbonyl (C=O) groups excluding carboxylic acids is 1. The molecule has 5 aromatic rings. The van der Waals surface area contributed by atoms with Crippen molar-refractivity contribution >= 4 is 40.2 Å². The molecule has 0 aromatic carbocycles. The molecule has 1 amide bonds. The number of hydrogen-bond donors (Lipinski definition) is 2. The third-order valence-corrected chi connectivity index (χ3v) is 7.32. The van der Waals surface area contributed by atoms with Crippen LogP contribution >= 0.6 is 11.5 Å². The highest BCUT2D eigenvalue weighted by Gasteiger charge is 2.18. The largest absolute Gasteiger partial charge is 0.328 e. The second-order valence-electron chi connectivity index (χ2n) is 9.80. The fourth-order valence-electron chi connectivity index (χ4n) is 4.73. The lowest BCUT2D eigenvalue weighted by Crippen LogP contribution is -2.33. The Morgan fingerprint density at radius 3 is 2.88 bits per heavy atom. The van der Waals surface area contributed by atoms with Gasteiger partial charge in [-0.2, -0.15) is 9.47 Å². The zero-order valence-electron chi connectivity index (χ0n) is 22.9. The Kier molecular flexibility index (Phi) is 8.71. The first-order valence-corrected chi connectivity index (χ1v) is 14.1. The predicted octanol–water partition coefficient (Wildman–Crippen LogP) is 4.40. The maximum atomic E-state index is 9.80. The number of carbonyl (C=O) groups is 1. The van der Waals surface area contributed by atoms with Crippen molar-refractivity contribution in [2.24, 2.45) is 5.92 Å². The molecule has 40 heavy (non-hydrogen) atoms. The summed E-state index contributed by atoms with van der Waals surface area (Å²) in [5.41, 5.74) is 4.88. The first-order chi connectivity index (χ1) is 19.5. The van der Waals surface area contributed by atoms with Crippen LogP contribution in [0.3, 0.4) is 0 Å². The number of hydrogen-bond acceptors (Lipinski definition) is 10. The molecular weight excluding hydrogens is 526 g/mol. The topological polar surface area (TPSA) is 131 Å². The van der Waals surface area contributed by atoms with Gasteiger partial charge in [0.2, 0.25) is 6.41 Å². The van der Waals surface area contributed by atoms with Crippen molar-refractivity contribution in [3.05, 3.63) is 60.8 Å². The summed E-state index contributed by atoms with van der Waals surface area (Å²) in [6, 6.07) is 3.74. The molecule has 1 fully saturated rings. The number of imidazole rings is 1. The van der Waals surface area contributed by atoms with Gasteiger partial charge in [-0.3, -0.25) is 18.8 Å². The number of nitrogens with one attached hydrogen (secondary N) is 2. The van der Waals surface area contributed by atoms with E-state index in [1.807, 2.05) is 36.4 Å². The summed E-state index contributed by atoms with van der Waals surface area (Å²) in [7, 11) is 0. The first kappa shape index (κ1) is 27.3. The molecule has 1 aliphatic rings. The van der Waals surface area contributed by atoms with Crippen LogP contribution in [0.2, 0.25) is 0 Å². The highest BCUT2D eigenvalue weighted by atomic mass is 32.1. The van der Waals surface area contributed by atoms with Crippen molar-refractivity contribution in [1.82, 2.24) is 43.4 Å². The van der Waals surface area contributed by atoms with Gasteiger partial charge in [-0.25, -0.2) is 19.9 Å². The van der Waals surface area contributed by atoms with Gasteiger partial charge >= 0.3 is 0 Å². The fraction of sp³-hybridized carbons (Fsp3) is 0.370. The molecule has 208 valence electrons. The average molecular weight is 560 g/mol. The SMILES string of the molecule is CCn1cc(-c2cnc3c(Nc4cc(CN5CCCC(C)C5)ns4)nc(C)cn23)cn1.O=CNc1ccncn1. The molecule has 1 saturated heterocycles. The Balaban J connectivity index is 0.000000306. The number of anilines is 3. The van der Waals surface area contributed by atoms with Crippen LogP contribution in [-0.4, -0.2) is 62.9 Å². The summed E-state index contributed by atoms with van der Waals surface area (Å²) in [5, 5.41) is 11.2. The number of fused-ring (bicyclic) bond motifs is 1. The zero-order chi connectivity index (χ0) is 27.9. The van der Waals surface area contributed by atoms with E-state index in [-0.39, 0.29) is 0 Å². The van der Waals surface area contributed by atoms with Gasteiger partial charge in [0, 0.05) is 43.8 Å². The van der Waals surface area contributed by atoms with Crippen LogP contribution in [-0.2, 0) is 17.9 Å². The van der Waals surface area contributed by atoms with E-state index in [0.717, 1.165) is 71.2 Å². The van der Waals surface area contributed by atoms with Crippen molar-refractivity contribution in [3.63, 3.8) is 0 Å². The molecule has 6 heterocycles. The van der Waals surface area contributed by atoms with Gasteiger partial charge in [-0.15, -0.1) is 0 Å². The predicted molar refractivity (Wildman–Crippen MR) is 155 cm³/mol. The van der Waals surface area contributed by atoms with Crippen LogP contribution in [0.4, 0.5) is 16.6 Å². The maximum Gasteiger partial charge on any atom is 0.212 e. The molecule has 0 radical (unpaired) electrons. The van der Waals surface area contributed by atoms with Crippen LogP contribution in [0, 0.1) is 12.8 Å². The van der Waals surface area contributed by atoms with E-state index in [1.165, 1.54) is 30.7 Å². The minimum atomic E-state index is 0.514. The van der Waals surface area contributed by atoms with Crippen LogP contribution in [0.1, 0.15) is 38.1 Å². The molecule has 0 aliphatic carbocycles. The van der Waals surface area contributed by atoms with Gasteiger partial charge in [0.05, 0.1) is 29.5 Å². The Labute approximate surface area is 236 Å². The van der Waals surface area contributed by atoms with E-state index in [4.69, 9.17) is 4.98 Å². The summed E-state index contributed by atoms with van der Waals surface area (Å²) in [6.07, 6.45) is 13.9. The number of piperidine rings is 1. The van der Waals surface area contributed by atoms with E-state index >= 15 is 0 Å². The normalized spacial score (nSPS) is 15.4. The Bertz CT molecular complexity index is 1540. The molecule has 5 aromatic heterocycles. The maximum absolute atomic E-state index is 9.80. The molecule has 1 atom stereocenters. The molecule has 1 unspecified atom stereocenters. The molecule has 2 N–H and O–H groups in total. The van der Waals surface area contributed by atoms with Crippen molar-refractivity contribution in [1.29, 1.82) is 0 Å². The highest BCUT2D eigenvalue weighted by molar-refractivity contribution is 7.10. The third kappa shape index (κ3) is 6.66. The Hall–Kier alpha value is -4.23. The fourth-order valence-corrected chi connectivity index (χ4v) is 5.39. The van der Waals surface area contributed by atoms with Crippen LogP contribution in [0.5, 0.6) is 0 Å². The lowest BCUT2D eigenvalue weighted by molar-refractivity contribution is -0.105. The van der Waals surface area contributed by atoms with Crippen molar-refractivity contribution in [2.75, 3.05) is 23.7 Å². The molecular formula is C27H33N11OS. The van der Waals surface area contributed by atoms with E-state index < -0.39 is 0 Å². The van der Waals surface area contributed by atoms with Crippen LogP contribution in [0.15, 0.2) is 49.4 Å². The van der Waals surface area contributed by atoms with Gasteiger partial charge in [-0.1, -0.05) is 6.92 Å². The summed E-state index contributed by atoms with van der Waals surface area (Å²) in [5.74, 6) is 2.03. The smallest absolute Gasteiger partial charge is 0.212 e. The van der Waals surface area contributed by atoms with Gasteiger partial charge in [0.1, 0.15) is 17.1 Å². The third-order valence-electron chi connectivity index (χ3n) is 6.58. The van der Waals surface area contributed by atoms with Gasteiger partial charge in [0.25, 0.3) is 0 Å². The average Bonchev–Trinajstić information content (AvgIpc) is 3.70. The molecule has 0 saturated carbocycles. The van der Waals surface area contributed by atoms with Gasteiger partial charge in [-0.05, 0) is 62.8 Å². The summed E-state index contributed by atoms with van der Waals surface area (Å²) in [4.78, 5) is 29.1. The molecule has 6 rings (SSSR count). The summed E-state index contributed by atoms with van der Waals surface area (Å²) >= 11 is 1.48. The minimum Gasteiger partial charge on any atom is -0.328 e. The van der Waals surface area contributed by atoms with Gasteiger partial charge < -0.3 is 10.6 Å². The quantitative estimate of drug-likeness (QED) is 0.266. The first-order valence-electron chi connectivity index (χ1n) is 13.3. The van der Waals surface area contributed by atoms with Crippen molar-refractivity contribution < 1.29 is 4.79 Å². The van der Waals surface area contributed by atoms with Gasteiger partial charge in [0.15, 0.2) is 11.5 Å². The van der Waals surface area contributed by atoms with E-state index in [9.17, 15) is 4.79 Å². The molecule has 13 heteroatoms. The number of aryl methyl sites for hydroxylation is 2. The second-order valence-corrected chi connectivity index (χ2v) is 10.6. The van der Waals surface area contributed by atoms with Crippen molar-refractivity contribution in [2.45, 2.75) is 46.7 Å². The van der Waals surface area contributed by atoms with Crippen molar-refractivity contribution in [3.8, 4) is 11.3 Å². The minimum absolute atomic E-state index is 0.514. The van der Waals surface area contributed by atoms with Crippen LogP contribution < -0.4 is 10.6 Å². The standard InChI is InChI=1S/C22H28N8S.C5H5N3O/c1-4-29-13-17(9-24-29)19-10-23-22-21(25-16(3)12-30(19)22)26-20-8-18(27-31-20)14-28-7-5-6-15(2)11-28;9-4-8-5-1-2-6-3-7-5/h8-10,12-13,15H,4-7,11,14H2,1-3H3,(H,25,26);1-4H,(H,6,7,8,9). The molecule has 1 aliphatic heterocycles. The lowest BCUT2D eigenvalue weighted by Gasteiger charge is -2.30. The summed E-state index contributed by atoms with van der Waals surface area (Å²) < 4.78 is 8.67. The Morgan fingerprint density at radius 2 is 2.12 bits per heavy atom. The summed E-state index contributed by atoms with van der Waals surface area (Å²) in [6.45, 7) is 10.5. The lowest BCUT2D eigenvalue weighted by atomic mass is 10.0. The van der Waals surface area contributed by atoms with Crippen LogP contribution in [0.25, 0.3) is 16.9 Å². The number of nitrogens with zero attached hydrogens (tertiary/aromatic N) is 9. The highest BCUT2D eigenvalue weighted by Crippen LogP contribution is 2.28. The monoisotopic (exact) mass is 559 g/mol. The number of likely N-dealkylation sites (tertiary alicyclic amines) is 1. The number of aromatic nitrogens is 8. The molecule has 0 spiro atoms. The van der Waals surface area contributed by atoms with E-state index in [1.54, 1.807) is 12.3 Å². The second kappa shape index (κ2) is 12.7. The van der Waals surface area contributed by atoms with E-state index in [0.29, 0.717) is 12.2 Å². The Morgan fingerprint density at radius 1 is 1.23 bits per heavy atom. The molecule has 0 bridgehead atoms. The number of rotatable bonds is 8.